The molecule has 1 fully saturated rings. The number of aromatic nitrogens is 2. The Hall–Kier alpha value is -2.94. The van der Waals surface area contributed by atoms with Crippen LogP contribution in [0.5, 0.6) is 0 Å². The van der Waals surface area contributed by atoms with Crippen LogP contribution in [-0.2, 0) is 4.74 Å². The molecule has 9 heteroatoms. The minimum absolute atomic E-state index is 0.193. The van der Waals surface area contributed by atoms with E-state index in [9.17, 15) is 4.79 Å². The number of ether oxygens (including phenoxy) is 1. The summed E-state index contributed by atoms with van der Waals surface area (Å²) in [6.07, 6.45) is 1.59. The van der Waals surface area contributed by atoms with Crippen LogP contribution in [-0.4, -0.2) is 42.2 Å². The number of hydrogen-bond donors (Lipinski definition) is 1. The van der Waals surface area contributed by atoms with Crippen molar-refractivity contribution in [2.45, 2.75) is 13.8 Å². The van der Waals surface area contributed by atoms with Crippen LogP contribution >= 0.6 is 22.9 Å². The van der Waals surface area contributed by atoms with Gasteiger partial charge in [-0.25, -0.2) is 9.97 Å². The number of rotatable bonds is 4. The van der Waals surface area contributed by atoms with Crippen molar-refractivity contribution < 1.29 is 13.9 Å². The van der Waals surface area contributed by atoms with E-state index < -0.39 is 0 Å². The lowest BCUT2D eigenvalue weighted by Crippen LogP contribution is -2.37. The van der Waals surface area contributed by atoms with E-state index in [1.165, 1.54) is 11.3 Å². The Morgan fingerprint density at radius 3 is 2.72 bits per heavy atom. The molecular formula is C23H21ClN4O3S. The molecule has 3 aromatic heterocycles. The van der Waals surface area contributed by atoms with Gasteiger partial charge in [-0.05, 0) is 43.7 Å². The third-order valence-corrected chi connectivity index (χ3v) is 6.97. The maximum atomic E-state index is 13.3. The highest BCUT2D eigenvalue weighted by atomic mass is 35.5. The van der Waals surface area contributed by atoms with Crippen LogP contribution in [0.3, 0.4) is 0 Å². The molecule has 4 aromatic rings. The number of benzene rings is 1. The summed E-state index contributed by atoms with van der Waals surface area (Å²) in [5, 5.41) is 4.56. The number of fused-ring (bicyclic) bond motifs is 1. The van der Waals surface area contributed by atoms with Crippen LogP contribution < -0.4 is 10.2 Å². The van der Waals surface area contributed by atoms with Crippen LogP contribution in [0.1, 0.15) is 20.9 Å². The number of halogens is 1. The summed E-state index contributed by atoms with van der Waals surface area (Å²) in [4.78, 5) is 26.0. The summed E-state index contributed by atoms with van der Waals surface area (Å²) in [6, 6.07) is 9.17. The lowest BCUT2D eigenvalue weighted by atomic mass is 10.1. The SMILES string of the molecule is Cc1nc(-c2ccco2)nc2sc(C(=O)Nc3cccc(Cl)c3N3CCOCC3)c(C)c12. The van der Waals surface area contributed by atoms with E-state index in [-0.39, 0.29) is 5.91 Å². The number of carbonyl (C=O) groups excluding carboxylic acids is 1. The van der Waals surface area contributed by atoms with Crippen molar-refractivity contribution in [1.82, 2.24) is 9.97 Å². The molecule has 0 bridgehead atoms. The van der Waals surface area contributed by atoms with Gasteiger partial charge in [-0.1, -0.05) is 17.7 Å². The van der Waals surface area contributed by atoms with Gasteiger partial charge >= 0.3 is 0 Å². The van der Waals surface area contributed by atoms with Gasteiger partial charge in [-0.2, -0.15) is 0 Å². The maximum Gasteiger partial charge on any atom is 0.266 e. The number of para-hydroxylation sites is 1. The van der Waals surface area contributed by atoms with Crippen molar-refractivity contribution in [3.63, 3.8) is 0 Å². The number of anilines is 2. The molecular weight excluding hydrogens is 448 g/mol. The Kier molecular flexibility index (Phi) is 5.58. The van der Waals surface area contributed by atoms with E-state index in [1.807, 2.05) is 38.1 Å². The predicted octanol–water partition coefficient (Wildman–Crippen LogP) is 5.31. The smallest absolute Gasteiger partial charge is 0.266 e. The number of amides is 1. The molecule has 1 aromatic carbocycles. The molecule has 0 aliphatic carbocycles. The predicted molar refractivity (Wildman–Crippen MR) is 127 cm³/mol. The summed E-state index contributed by atoms with van der Waals surface area (Å²) in [5.41, 5.74) is 3.17. The van der Waals surface area contributed by atoms with Crippen LogP contribution in [0.25, 0.3) is 21.8 Å². The highest BCUT2D eigenvalue weighted by molar-refractivity contribution is 7.20. The lowest BCUT2D eigenvalue weighted by molar-refractivity contribution is 0.103. The van der Waals surface area contributed by atoms with E-state index in [0.717, 1.165) is 40.3 Å². The number of furan rings is 1. The molecule has 164 valence electrons. The third-order valence-electron chi connectivity index (χ3n) is 5.48. The molecule has 1 saturated heterocycles. The van der Waals surface area contributed by atoms with Gasteiger partial charge in [-0.15, -0.1) is 11.3 Å². The van der Waals surface area contributed by atoms with E-state index in [0.29, 0.717) is 40.4 Å². The number of aryl methyl sites for hydroxylation is 2. The number of nitrogens with one attached hydrogen (secondary N) is 1. The molecule has 0 spiro atoms. The zero-order chi connectivity index (χ0) is 22.2. The summed E-state index contributed by atoms with van der Waals surface area (Å²) in [7, 11) is 0. The van der Waals surface area contributed by atoms with E-state index in [4.69, 9.17) is 20.8 Å². The molecule has 1 N–H and O–H groups in total. The Morgan fingerprint density at radius 2 is 1.97 bits per heavy atom. The van der Waals surface area contributed by atoms with Gasteiger partial charge in [0.15, 0.2) is 11.6 Å². The second-order valence-electron chi connectivity index (χ2n) is 7.54. The van der Waals surface area contributed by atoms with Crippen LogP contribution in [0.4, 0.5) is 11.4 Å². The molecule has 7 nitrogen and oxygen atoms in total. The second kappa shape index (κ2) is 8.54. The van der Waals surface area contributed by atoms with Crippen LogP contribution in [0.15, 0.2) is 41.0 Å². The summed E-state index contributed by atoms with van der Waals surface area (Å²) in [6.45, 7) is 6.55. The Bertz CT molecular complexity index is 1300. The fourth-order valence-electron chi connectivity index (χ4n) is 3.98. The van der Waals surface area contributed by atoms with Crippen LogP contribution in [0, 0.1) is 13.8 Å². The third kappa shape index (κ3) is 3.74. The summed E-state index contributed by atoms with van der Waals surface area (Å²) < 4.78 is 10.9. The van der Waals surface area contributed by atoms with Gasteiger partial charge < -0.3 is 19.4 Å². The largest absolute Gasteiger partial charge is 0.461 e. The van der Waals surface area contributed by atoms with Gasteiger partial charge in [0, 0.05) is 18.5 Å². The van der Waals surface area contributed by atoms with Crippen molar-refractivity contribution in [3.8, 4) is 11.6 Å². The molecule has 0 atom stereocenters. The minimum atomic E-state index is -0.193. The number of hydrogen-bond acceptors (Lipinski definition) is 7. The lowest BCUT2D eigenvalue weighted by Gasteiger charge is -2.31. The zero-order valence-electron chi connectivity index (χ0n) is 17.6. The monoisotopic (exact) mass is 468 g/mol. The normalized spacial score (nSPS) is 14.2. The maximum absolute atomic E-state index is 13.3. The van der Waals surface area contributed by atoms with E-state index in [1.54, 1.807) is 12.3 Å². The first-order valence-electron chi connectivity index (χ1n) is 10.3. The van der Waals surface area contributed by atoms with E-state index >= 15 is 0 Å². The Balaban J connectivity index is 1.50. The number of nitrogens with zero attached hydrogens (tertiary/aromatic N) is 3. The molecule has 1 aliphatic heterocycles. The van der Waals surface area contributed by atoms with Gasteiger partial charge in [0.1, 0.15) is 4.83 Å². The number of morpholine rings is 1. The number of carbonyl (C=O) groups is 1. The number of thiophene rings is 1. The standard InChI is InChI=1S/C23H21ClN4O3S/c1-13-18-14(2)25-21(17-7-4-10-31-17)27-23(18)32-20(13)22(29)26-16-6-3-5-15(24)19(16)28-8-11-30-12-9-28/h3-7,10H,8-9,11-12H2,1-2H3,(H,26,29). The first kappa shape index (κ1) is 20.9. The van der Waals surface area contributed by atoms with Crippen molar-refractivity contribution in [2.24, 2.45) is 0 Å². The van der Waals surface area contributed by atoms with Gasteiger partial charge in [-0.3, -0.25) is 4.79 Å². The van der Waals surface area contributed by atoms with Gasteiger partial charge in [0.05, 0.1) is 46.4 Å². The molecule has 5 rings (SSSR count). The summed E-state index contributed by atoms with van der Waals surface area (Å²) in [5.74, 6) is 0.917. The first-order chi connectivity index (χ1) is 15.5. The molecule has 32 heavy (non-hydrogen) atoms. The quantitative estimate of drug-likeness (QED) is 0.437. The topological polar surface area (TPSA) is 80.5 Å². The molecule has 0 unspecified atom stereocenters. The zero-order valence-corrected chi connectivity index (χ0v) is 19.2. The Morgan fingerprint density at radius 1 is 1.16 bits per heavy atom. The molecule has 1 amide bonds. The first-order valence-corrected chi connectivity index (χ1v) is 11.5. The summed E-state index contributed by atoms with van der Waals surface area (Å²) >= 11 is 7.87. The van der Waals surface area contributed by atoms with Gasteiger partial charge in [0.25, 0.3) is 5.91 Å². The van der Waals surface area contributed by atoms with Gasteiger partial charge in [0.2, 0.25) is 0 Å². The van der Waals surface area contributed by atoms with E-state index in [2.05, 4.69) is 20.2 Å². The molecule has 0 radical (unpaired) electrons. The second-order valence-corrected chi connectivity index (χ2v) is 8.94. The average molecular weight is 469 g/mol. The molecule has 1 aliphatic rings. The van der Waals surface area contributed by atoms with Crippen molar-refractivity contribution in [2.75, 3.05) is 36.5 Å². The Labute approximate surface area is 194 Å². The van der Waals surface area contributed by atoms with Crippen LogP contribution in [0.2, 0.25) is 5.02 Å². The highest BCUT2D eigenvalue weighted by Gasteiger charge is 2.23. The van der Waals surface area contributed by atoms with Crippen molar-refractivity contribution in [3.05, 3.63) is 57.8 Å². The van der Waals surface area contributed by atoms with Crippen molar-refractivity contribution >= 4 is 50.4 Å². The molecule has 0 saturated carbocycles. The van der Waals surface area contributed by atoms with Crippen molar-refractivity contribution in [1.29, 1.82) is 0 Å². The molecule has 4 heterocycles. The minimum Gasteiger partial charge on any atom is -0.461 e. The fraction of sp³-hybridized carbons (Fsp3) is 0.261. The highest BCUT2D eigenvalue weighted by Crippen LogP contribution is 2.37. The average Bonchev–Trinajstić information content (AvgIpc) is 3.43. The fourth-order valence-corrected chi connectivity index (χ4v) is 5.40.